The highest BCUT2D eigenvalue weighted by molar-refractivity contribution is 5.22. The normalized spacial score (nSPS) is 18.1. The van der Waals surface area contributed by atoms with E-state index in [1.54, 1.807) is 6.08 Å². The molecule has 1 N–H and O–H groups in total. The Balaban J connectivity index is 2.56. The molecule has 9 heavy (non-hydrogen) atoms. The van der Waals surface area contributed by atoms with Gasteiger partial charge in [-0.15, -0.1) is 0 Å². The summed E-state index contributed by atoms with van der Waals surface area (Å²) in [4.78, 5) is 0. The van der Waals surface area contributed by atoms with Crippen LogP contribution in [0.2, 0.25) is 0 Å². The lowest BCUT2D eigenvalue weighted by atomic mass is 9.91. The van der Waals surface area contributed by atoms with Gasteiger partial charge in [0.05, 0.1) is 0 Å². The predicted molar refractivity (Wildman–Crippen MR) is 38.3 cm³/mol. The first-order valence-corrected chi connectivity index (χ1v) is 3.38. The van der Waals surface area contributed by atoms with Crippen LogP contribution in [0.15, 0.2) is 23.5 Å². The molecule has 0 aromatic carbocycles. The van der Waals surface area contributed by atoms with E-state index in [4.69, 9.17) is 5.11 Å². The fourth-order valence-electron chi connectivity index (χ4n) is 0.885. The second-order valence-electron chi connectivity index (χ2n) is 2.34. The van der Waals surface area contributed by atoms with Crippen molar-refractivity contribution in [3.8, 4) is 0 Å². The molecule has 0 atom stereocenters. The third kappa shape index (κ3) is 1.35. The van der Waals surface area contributed by atoms with E-state index in [1.165, 1.54) is 12.0 Å². The second kappa shape index (κ2) is 2.72. The predicted octanol–water partition coefficient (Wildman–Crippen LogP) is 2.56. The lowest BCUT2D eigenvalue weighted by Gasteiger charge is -2.16. The van der Waals surface area contributed by atoms with Gasteiger partial charge in [-0.3, -0.25) is 0 Å². The monoisotopic (exact) mass is 124 g/mol. The second-order valence-corrected chi connectivity index (χ2v) is 2.34. The fourth-order valence-corrected chi connectivity index (χ4v) is 0.885. The molecule has 0 aromatic rings. The van der Waals surface area contributed by atoms with Crippen LogP contribution in [0.5, 0.6) is 0 Å². The van der Waals surface area contributed by atoms with Gasteiger partial charge >= 0.3 is 0 Å². The van der Waals surface area contributed by atoms with E-state index in [9.17, 15) is 0 Å². The molecule has 1 fully saturated rings. The van der Waals surface area contributed by atoms with Crippen molar-refractivity contribution in [3.63, 3.8) is 0 Å². The van der Waals surface area contributed by atoms with Gasteiger partial charge in [0.25, 0.3) is 0 Å². The molecule has 0 aromatic heterocycles. The summed E-state index contributed by atoms with van der Waals surface area (Å²) < 4.78 is 0. The van der Waals surface area contributed by atoms with Crippen LogP contribution in [0.3, 0.4) is 0 Å². The molecule has 1 nitrogen and oxygen atoms in total. The van der Waals surface area contributed by atoms with Crippen molar-refractivity contribution in [1.29, 1.82) is 0 Å². The summed E-state index contributed by atoms with van der Waals surface area (Å²) in [5.41, 5.74) is 1.22. The number of hydrogen-bond donors (Lipinski definition) is 1. The van der Waals surface area contributed by atoms with E-state index in [1.807, 2.05) is 13.0 Å². The Bertz CT molecular complexity index is 148. The van der Waals surface area contributed by atoms with Crippen molar-refractivity contribution < 1.29 is 5.11 Å². The van der Waals surface area contributed by atoms with Crippen LogP contribution in [0.25, 0.3) is 0 Å². The van der Waals surface area contributed by atoms with Crippen LogP contribution in [0, 0.1) is 0 Å². The molecular weight excluding hydrogens is 112 g/mol. The van der Waals surface area contributed by atoms with Gasteiger partial charge in [0, 0.05) is 0 Å². The first-order chi connectivity index (χ1) is 4.34. The lowest BCUT2D eigenvalue weighted by Crippen LogP contribution is -1.99. The summed E-state index contributed by atoms with van der Waals surface area (Å²) >= 11 is 0. The molecule has 0 amide bonds. The third-order valence-electron chi connectivity index (χ3n) is 1.64. The summed E-state index contributed by atoms with van der Waals surface area (Å²) in [6.07, 6.45) is 7.05. The zero-order valence-electron chi connectivity index (χ0n) is 5.72. The number of allylic oxidation sites excluding steroid dienone is 3. The average Bonchev–Trinajstić information content (AvgIpc) is 1.60. The third-order valence-corrected chi connectivity index (χ3v) is 1.64. The molecule has 1 aliphatic rings. The van der Waals surface area contributed by atoms with Crippen LogP contribution >= 0.6 is 0 Å². The maximum Gasteiger partial charge on any atom is 0.114 e. The van der Waals surface area contributed by atoms with E-state index in [0.29, 0.717) is 5.76 Å². The minimum absolute atomic E-state index is 0.490. The largest absolute Gasteiger partial charge is 0.508 e. The first kappa shape index (κ1) is 6.40. The molecule has 1 aliphatic carbocycles. The van der Waals surface area contributed by atoms with Gasteiger partial charge in [-0.05, 0) is 37.8 Å². The molecule has 50 valence electrons. The Morgan fingerprint density at radius 2 is 2.22 bits per heavy atom. The highest BCUT2D eigenvalue weighted by Crippen LogP contribution is 2.27. The summed E-state index contributed by atoms with van der Waals surface area (Å²) in [5, 5.41) is 9.16. The van der Waals surface area contributed by atoms with E-state index in [2.05, 4.69) is 0 Å². The lowest BCUT2D eigenvalue weighted by molar-refractivity contribution is 0.407. The molecule has 0 spiro atoms. The van der Waals surface area contributed by atoms with Gasteiger partial charge in [-0.25, -0.2) is 0 Å². The summed E-state index contributed by atoms with van der Waals surface area (Å²) in [6.45, 7) is 1.91. The van der Waals surface area contributed by atoms with Gasteiger partial charge in [0.1, 0.15) is 5.76 Å². The van der Waals surface area contributed by atoms with Gasteiger partial charge < -0.3 is 5.11 Å². The zero-order valence-corrected chi connectivity index (χ0v) is 5.72. The van der Waals surface area contributed by atoms with E-state index < -0.39 is 0 Å². The van der Waals surface area contributed by atoms with Crippen LogP contribution < -0.4 is 0 Å². The van der Waals surface area contributed by atoms with Crippen molar-refractivity contribution in [2.75, 3.05) is 0 Å². The Labute approximate surface area is 55.7 Å². The molecule has 0 unspecified atom stereocenters. The maximum atomic E-state index is 9.16. The Morgan fingerprint density at radius 3 is 2.56 bits per heavy atom. The van der Waals surface area contributed by atoms with Crippen LogP contribution in [0.4, 0.5) is 0 Å². The Morgan fingerprint density at radius 1 is 1.56 bits per heavy atom. The molecule has 0 bridgehead atoms. The molecular formula is C8H12O. The summed E-state index contributed by atoms with van der Waals surface area (Å²) in [5.74, 6) is 0.490. The molecule has 0 saturated heterocycles. The fraction of sp³-hybridized carbons (Fsp3) is 0.500. The quantitative estimate of drug-likeness (QED) is 0.532. The van der Waals surface area contributed by atoms with E-state index >= 15 is 0 Å². The molecule has 1 saturated carbocycles. The van der Waals surface area contributed by atoms with Crippen molar-refractivity contribution in [2.24, 2.45) is 0 Å². The minimum atomic E-state index is 0.490. The topological polar surface area (TPSA) is 20.2 Å². The standard InChI is InChI=1S/C8H12O/c1-2-4-8(9)7-5-3-6-7/h2,4,9H,3,5-6H2,1H3/b4-2+. The van der Waals surface area contributed by atoms with Crippen LogP contribution in [0.1, 0.15) is 26.2 Å². The molecule has 1 rings (SSSR count). The smallest absolute Gasteiger partial charge is 0.114 e. The first-order valence-electron chi connectivity index (χ1n) is 3.38. The highest BCUT2D eigenvalue weighted by Gasteiger charge is 2.11. The van der Waals surface area contributed by atoms with Crippen molar-refractivity contribution >= 4 is 0 Å². The molecule has 1 heteroatoms. The highest BCUT2D eigenvalue weighted by atomic mass is 16.3. The number of hydrogen-bond acceptors (Lipinski definition) is 1. The van der Waals surface area contributed by atoms with Crippen LogP contribution in [-0.4, -0.2) is 5.11 Å². The summed E-state index contributed by atoms with van der Waals surface area (Å²) in [7, 11) is 0. The van der Waals surface area contributed by atoms with Crippen molar-refractivity contribution in [2.45, 2.75) is 26.2 Å². The van der Waals surface area contributed by atoms with Gasteiger partial charge in [-0.2, -0.15) is 0 Å². The van der Waals surface area contributed by atoms with Crippen molar-refractivity contribution in [1.82, 2.24) is 0 Å². The van der Waals surface area contributed by atoms with Gasteiger partial charge in [0.15, 0.2) is 0 Å². The Kier molecular flexibility index (Phi) is 1.93. The van der Waals surface area contributed by atoms with E-state index in [0.717, 1.165) is 12.8 Å². The van der Waals surface area contributed by atoms with Gasteiger partial charge in [-0.1, -0.05) is 6.08 Å². The van der Waals surface area contributed by atoms with Crippen LogP contribution in [-0.2, 0) is 0 Å². The van der Waals surface area contributed by atoms with Crippen molar-refractivity contribution in [3.05, 3.63) is 23.5 Å². The minimum Gasteiger partial charge on any atom is -0.508 e. The average molecular weight is 124 g/mol. The SMILES string of the molecule is C/C=C/C(O)=C1CCC1. The number of aliphatic hydroxyl groups is 1. The zero-order chi connectivity index (χ0) is 6.69. The molecule has 0 heterocycles. The number of aliphatic hydroxyl groups excluding tert-OH is 1. The summed E-state index contributed by atoms with van der Waals surface area (Å²) in [6, 6.07) is 0. The van der Waals surface area contributed by atoms with E-state index in [-0.39, 0.29) is 0 Å². The Hall–Kier alpha value is -0.720. The number of rotatable bonds is 1. The van der Waals surface area contributed by atoms with Gasteiger partial charge in [0.2, 0.25) is 0 Å². The molecule has 0 radical (unpaired) electrons. The molecule has 0 aliphatic heterocycles. The maximum absolute atomic E-state index is 9.16.